The van der Waals surface area contributed by atoms with Crippen LogP contribution in [0.2, 0.25) is 0 Å². The molecule has 15 heavy (non-hydrogen) atoms. The number of rotatable bonds is 6. The molecule has 0 radical (unpaired) electrons. The van der Waals surface area contributed by atoms with E-state index in [0.29, 0.717) is 0 Å². The standard InChI is InChI=1S/C13H22N2/c1-4-5-6-7-8-9-13-12(3)14-10-11(2)15-13/h10H,4-9H2,1-3H3. The maximum atomic E-state index is 4.53. The van der Waals surface area contributed by atoms with Gasteiger partial charge in [0.15, 0.2) is 0 Å². The normalized spacial score (nSPS) is 10.6. The van der Waals surface area contributed by atoms with Gasteiger partial charge in [0.25, 0.3) is 0 Å². The first-order chi connectivity index (χ1) is 7.24. The van der Waals surface area contributed by atoms with Crippen molar-refractivity contribution in [3.8, 4) is 0 Å². The van der Waals surface area contributed by atoms with Crippen LogP contribution in [0.15, 0.2) is 6.20 Å². The fourth-order valence-corrected chi connectivity index (χ4v) is 1.72. The van der Waals surface area contributed by atoms with Crippen molar-refractivity contribution in [3.05, 3.63) is 23.3 Å². The van der Waals surface area contributed by atoms with Gasteiger partial charge in [0.05, 0.1) is 17.1 Å². The van der Waals surface area contributed by atoms with Crippen molar-refractivity contribution < 1.29 is 0 Å². The van der Waals surface area contributed by atoms with Gasteiger partial charge in [-0.2, -0.15) is 0 Å². The van der Waals surface area contributed by atoms with Gasteiger partial charge in [-0.3, -0.25) is 9.97 Å². The molecule has 1 heterocycles. The van der Waals surface area contributed by atoms with Crippen LogP contribution in [0.25, 0.3) is 0 Å². The van der Waals surface area contributed by atoms with E-state index in [4.69, 9.17) is 0 Å². The highest BCUT2D eigenvalue weighted by atomic mass is 14.8. The molecule has 1 aromatic heterocycles. The molecule has 1 aromatic rings. The highest BCUT2D eigenvalue weighted by molar-refractivity contribution is 5.11. The van der Waals surface area contributed by atoms with Crippen LogP contribution in [-0.2, 0) is 6.42 Å². The number of hydrogen-bond acceptors (Lipinski definition) is 2. The molecule has 2 heteroatoms. The van der Waals surface area contributed by atoms with Gasteiger partial charge in [-0.25, -0.2) is 0 Å². The van der Waals surface area contributed by atoms with Gasteiger partial charge in [0.2, 0.25) is 0 Å². The molecule has 2 nitrogen and oxygen atoms in total. The van der Waals surface area contributed by atoms with Crippen molar-refractivity contribution >= 4 is 0 Å². The Morgan fingerprint density at radius 2 is 1.80 bits per heavy atom. The third-order valence-corrected chi connectivity index (χ3v) is 2.69. The molecule has 0 spiro atoms. The second-order valence-electron chi connectivity index (χ2n) is 4.21. The molecule has 0 amide bonds. The van der Waals surface area contributed by atoms with E-state index < -0.39 is 0 Å². The molecule has 0 bridgehead atoms. The Morgan fingerprint density at radius 3 is 2.53 bits per heavy atom. The molecule has 0 saturated heterocycles. The molecule has 0 atom stereocenters. The first-order valence-electron chi connectivity index (χ1n) is 6.03. The molecule has 0 aliphatic heterocycles. The molecule has 1 rings (SSSR count). The Hall–Kier alpha value is -0.920. The monoisotopic (exact) mass is 206 g/mol. The first kappa shape index (κ1) is 12.2. The molecule has 0 saturated carbocycles. The van der Waals surface area contributed by atoms with E-state index >= 15 is 0 Å². The third-order valence-electron chi connectivity index (χ3n) is 2.69. The second-order valence-corrected chi connectivity index (χ2v) is 4.21. The summed E-state index contributed by atoms with van der Waals surface area (Å²) in [6.07, 6.45) is 9.53. The van der Waals surface area contributed by atoms with Crippen molar-refractivity contribution in [2.24, 2.45) is 0 Å². The summed E-state index contributed by atoms with van der Waals surface area (Å²) in [5, 5.41) is 0. The number of hydrogen-bond donors (Lipinski definition) is 0. The first-order valence-corrected chi connectivity index (χ1v) is 6.03. The molecule has 0 aliphatic carbocycles. The van der Waals surface area contributed by atoms with Crippen LogP contribution >= 0.6 is 0 Å². The Bertz CT molecular complexity index is 295. The van der Waals surface area contributed by atoms with Crippen LogP contribution in [0.4, 0.5) is 0 Å². The van der Waals surface area contributed by atoms with Crippen LogP contribution < -0.4 is 0 Å². The molecule has 0 unspecified atom stereocenters. The van der Waals surface area contributed by atoms with Crippen molar-refractivity contribution in [2.45, 2.75) is 59.3 Å². The largest absolute Gasteiger partial charge is 0.258 e. The number of aromatic nitrogens is 2. The number of nitrogens with zero attached hydrogens (tertiary/aromatic N) is 2. The van der Waals surface area contributed by atoms with E-state index in [2.05, 4.69) is 16.9 Å². The van der Waals surface area contributed by atoms with Crippen LogP contribution in [0.3, 0.4) is 0 Å². The van der Waals surface area contributed by atoms with Crippen molar-refractivity contribution in [3.63, 3.8) is 0 Å². The minimum Gasteiger partial charge on any atom is -0.258 e. The fourth-order valence-electron chi connectivity index (χ4n) is 1.72. The summed E-state index contributed by atoms with van der Waals surface area (Å²) in [4.78, 5) is 8.86. The molecular formula is C13H22N2. The van der Waals surface area contributed by atoms with Gasteiger partial charge in [0, 0.05) is 6.20 Å². The smallest absolute Gasteiger partial charge is 0.0619 e. The summed E-state index contributed by atoms with van der Waals surface area (Å²) in [5.41, 5.74) is 3.31. The zero-order valence-electron chi connectivity index (χ0n) is 10.2. The van der Waals surface area contributed by atoms with E-state index in [-0.39, 0.29) is 0 Å². The van der Waals surface area contributed by atoms with Gasteiger partial charge < -0.3 is 0 Å². The zero-order chi connectivity index (χ0) is 11.1. The van der Waals surface area contributed by atoms with E-state index in [0.717, 1.165) is 17.8 Å². The Morgan fingerprint density at radius 1 is 1.07 bits per heavy atom. The summed E-state index contributed by atoms with van der Waals surface area (Å²) < 4.78 is 0. The second kappa shape index (κ2) is 6.54. The molecular weight excluding hydrogens is 184 g/mol. The summed E-state index contributed by atoms with van der Waals surface area (Å²) in [6, 6.07) is 0. The summed E-state index contributed by atoms with van der Waals surface area (Å²) in [7, 11) is 0. The summed E-state index contributed by atoms with van der Waals surface area (Å²) >= 11 is 0. The molecule has 84 valence electrons. The van der Waals surface area contributed by atoms with Gasteiger partial charge in [-0.15, -0.1) is 0 Å². The average Bonchev–Trinajstić information content (AvgIpc) is 2.23. The topological polar surface area (TPSA) is 25.8 Å². The van der Waals surface area contributed by atoms with Gasteiger partial charge in [0.1, 0.15) is 0 Å². The van der Waals surface area contributed by atoms with Gasteiger partial charge in [-0.1, -0.05) is 32.6 Å². The molecule has 0 fully saturated rings. The number of aryl methyl sites for hydroxylation is 3. The molecule has 0 aliphatic rings. The lowest BCUT2D eigenvalue weighted by Crippen LogP contribution is -1.99. The Labute approximate surface area is 93.2 Å². The minimum atomic E-state index is 1.03. The lowest BCUT2D eigenvalue weighted by molar-refractivity contribution is 0.625. The average molecular weight is 206 g/mol. The van der Waals surface area contributed by atoms with Crippen LogP contribution in [-0.4, -0.2) is 9.97 Å². The predicted octanol–water partition coefficient (Wildman–Crippen LogP) is 3.61. The SMILES string of the molecule is CCCCCCCc1nc(C)cnc1C. The number of unbranched alkanes of at least 4 members (excludes halogenated alkanes) is 4. The Kier molecular flexibility index (Phi) is 5.30. The van der Waals surface area contributed by atoms with Crippen molar-refractivity contribution in [2.75, 3.05) is 0 Å². The third kappa shape index (κ3) is 4.41. The maximum absolute atomic E-state index is 4.53. The fraction of sp³-hybridized carbons (Fsp3) is 0.692. The van der Waals surface area contributed by atoms with E-state index in [1.165, 1.54) is 37.8 Å². The van der Waals surface area contributed by atoms with E-state index in [9.17, 15) is 0 Å². The lowest BCUT2D eigenvalue weighted by Gasteiger charge is -2.04. The quantitative estimate of drug-likeness (QED) is 0.664. The highest BCUT2D eigenvalue weighted by Crippen LogP contribution is 2.09. The van der Waals surface area contributed by atoms with Crippen LogP contribution in [0.1, 0.15) is 56.1 Å². The zero-order valence-corrected chi connectivity index (χ0v) is 10.2. The van der Waals surface area contributed by atoms with Crippen LogP contribution in [0, 0.1) is 13.8 Å². The predicted molar refractivity (Wildman–Crippen MR) is 64.0 cm³/mol. The molecule has 0 N–H and O–H groups in total. The van der Waals surface area contributed by atoms with Gasteiger partial charge in [-0.05, 0) is 26.7 Å². The van der Waals surface area contributed by atoms with E-state index in [1.807, 2.05) is 20.0 Å². The summed E-state index contributed by atoms with van der Waals surface area (Å²) in [5.74, 6) is 0. The Balaban J connectivity index is 2.33. The van der Waals surface area contributed by atoms with Crippen molar-refractivity contribution in [1.82, 2.24) is 9.97 Å². The maximum Gasteiger partial charge on any atom is 0.0619 e. The van der Waals surface area contributed by atoms with E-state index in [1.54, 1.807) is 0 Å². The minimum absolute atomic E-state index is 1.03. The molecule has 0 aromatic carbocycles. The van der Waals surface area contributed by atoms with Crippen LogP contribution in [0.5, 0.6) is 0 Å². The summed E-state index contributed by atoms with van der Waals surface area (Å²) in [6.45, 7) is 6.30. The van der Waals surface area contributed by atoms with Crippen molar-refractivity contribution in [1.29, 1.82) is 0 Å². The van der Waals surface area contributed by atoms with Gasteiger partial charge >= 0.3 is 0 Å². The lowest BCUT2D eigenvalue weighted by atomic mass is 10.1. The highest BCUT2D eigenvalue weighted by Gasteiger charge is 2.01.